The lowest BCUT2D eigenvalue weighted by Gasteiger charge is -2.05. The second-order valence-electron chi connectivity index (χ2n) is 4.82. The molecule has 1 aromatic heterocycles. The summed E-state index contributed by atoms with van der Waals surface area (Å²) in [6.07, 6.45) is 8.09. The molecule has 0 amide bonds. The van der Waals surface area contributed by atoms with Gasteiger partial charge in [0.15, 0.2) is 5.82 Å². The molecule has 1 aromatic carbocycles. The third-order valence-electron chi connectivity index (χ3n) is 3.31. The Morgan fingerprint density at radius 3 is 2.43 bits per heavy atom. The molecule has 0 bridgehead atoms. The van der Waals surface area contributed by atoms with Gasteiger partial charge in [0.05, 0.1) is 11.1 Å². The summed E-state index contributed by atoms with van der Waals surface area (Å²) in [4.78, 5) is 8.68. The van der Waals surface area contributed by atoms with Gasteiger partial charge < -0.3 is 0 Å². The number of aromatic nitrogens is 2. The molecule has 0 fully saturated rings. The summed E-state index contributed by atoms with van der Waals surface area (Å²) < 4.78 is 0. The first-order chi connectivity index (χ1) is 10.3. The molecule has 0 aliphatic rings. The van der Waals surface area contributed by atoms with Crippen molar-refractivity contribution < 1.29 is 0 Å². The molecular weight excluding hydrogens is 260 g/mol. The lowest BCUT2D eigenvalue weighted by Crippen LogP contribution is -1.96. The maximum atomic E-state index is 9.23. The zero-order valence-electron chi connectivity index (χ0n) is 12.0. The molecule has 0 saturated carbocycles. The van der Waals surface area contributed by atoms with E-state index < -0.39 is 0 Å². The first kappa shape index (κ1) is 14.7. The number of benzene rings is 1. The van der Waals surface area contributed by atoms with Gasteiger partial charge in [0, 0.05) is 18.0 Å². The molecule has 0 saturated heterocycles. The molecule has 1 heterocycles. The first-order valence-corrected chi connectivity index (χ1v) is 7.04. The van der Waals surface area contributed by atoms with Crippen LogP contribution in [0.5, 0.6) is 0 Å². The zero-order chi connectivity index (χ0) is 15.1. The summed E-state index contributed by atoms with van der Waals surface area (Å²) in [5.41, 5.74) is 2.39. The van der Waals surface area contributed by atoms with Crippen molar-refractivity contribution in [1.82, 2.24) is 9.97 Å². The van der Waals surface area contributed by atoms with E-state index in [0.717, 1.165) is 18.4 Å². The second-order valence-corrected chi connectivity index (χ2v) is 4.82. The van der Waals surface area contributed by atoms with E-state index in [0.29, 0.717) is 22.5 Å². The predicted octanol–water partition coefficient (Wildman–Crippen LogP) is 3.62. The Balaban J connectivity index is 2.28. The Labute approximate surface area is 124 Å². The van der Waals surface area contributed by atoms with Gasteiger partial charge in [0.1, 0.15) is 12.1 Å². The molecule has 0 radical (unpaired) electrons. The lowest BCUT2D eigenvalue weighted by molar-refractivity contribution is 0.714. The quantitative estimate of drug-likeness (QED) is 0.782. The van der Waals surface area contributed by atoms with Crippen LogP contribution in [0.25, 0.3) is 11.4 Å². The Morgan fingerprint density at radius 1 is 1.05 bits per heavy atom. The van der Waals surface area contributed by atoms with Crippen LogP contribution in [-0.2, 0) is 6.42 Å². The number of nitrogens with zero attached hydrogens (tertiary/aromatic N) is 4. The minimum Gasteiger partial charge on any atom is -0.236 e. The fraction of sp³-hybridized carbons (Fsp3) is 0.294. The van der Waals surface area contributed by atoms with Gasteiger partial charge in [-0.05, 0) is 30.5 Å². The standard InChI is InChI=1S/C17H16N4/c1-2-3-4-6-13-11-20-17(21-12-13)15-8-5-7-14(9-18)16(15)10-19/h5,7-8,11-12H,2-4,6H2,1H3. The van der Waals surface area contributed by atoms with Gasteiger partial charge in [-0.3, -0.25) is 0 Å². The monoisotopic (exact) mass is 276 g/mol. The first-order valence-electron chi connectivity index (χ1n) is 7.04. The molecule has 2 aromatic rings. The Kier molecular flexibility index (Phi) is 5.01. The summed E-state index contributed by atoms with van der Waals surface area (Å²) in [6, 6.07) is 9.23. The molecule has 2 rings (SSSR count). The van der Waals surface area contributed by atoms with E-state index in [1.165, 1.54) is 12.8 Å². The minimum absolute atomic E-state index is 0.332. The summed E-state index contributed by atoms with van der Waals surface area (Å²) in [7, 11) is 0. The van der Waals surface area contributed by atoms with Crippen LogP contribution in [-0.4, -0.2) is 9.97 Å². The molecule has 0 aliphatic carbocycles. The number of aryl methyl sites for hydroxylation is 1. The molecule has 0 N–H and O–H groups in total. The van der Waals surface area contributed by atoms with E-state index in [1.807, 2.05) is 6.07 Å². The Hall–Kier alpha value is -2.72. The highest BCUT2D eigenvalue weighted by atomic mass is 14.9. The highest BCUT2D eigenvalue weighted by Crippen LogP contribution is 2.22. The molecule has 21 heavy (non-hydrogen) atoms. The van der Waals surface area contributed by atoms with Crippen molar-refractivity contribution in [3.63, 3.8) is 0 Å². The zero-order valence-corrected chi connectivity index (χ0v) is 12.0. The molecular formula is C17H16N4. The van der Waals surface area contributed by atoms with Crippen molar-refractivity contribution in [1.29, 1.82) is 10.5 Å². The average molecular weight is 276 g/mol. The molecule has 0 atom stereocenters. The third kappa shape index (κ3) is 3.43. The van der Waals surface area contributed by atoms with Gasteiger partial charge in [-0.2, -0.15) is 10.5 Å². The van der Waals surface area contributed by atoms with Crippen LogP contribution in [0, 0.1) is 22.7 Å². The van der Waals surface area contributed by atoms with Crippen LogP contribution in [0.4, 0.5) is 0 Å². The summed E-state index contributed by atoms with van der Waals surface area (Å²) in [5, 5.41) is 18.3. The number of rotatable bonds is 5. The van der Waals surface area contributed by atoms with Gasteiger partial charge in [0.2, 0.25) is 0 Å². The van der Waals surface area contributed by atoms with E-state index in [1.54, 1.807) is 30.6 Å². The van der Waals surface area contributed by atoms with Crippen molar-refractivity contribution in [3.05, 3.63) is 47.3 Å². The highest BCUT2D eigenvalue weighted by Gasteiger charge is 2.11. The molecule has 104 valence electrons. The van der Waals surface area contributed by atoms with E-state index >= 15 is 0 Å². The van der Waals surface area contributed by atoms with Crippen molar-refractivity contribution >= 4 is 0 Å². The fourth-order valence-corrected chi connectivity index (χ4v) is 2.15. The Bertz CT molecular complexity index is 690. The van der Waals surface area contributed by atoms with Crippen LogP contribution >= 0.6 is 0 Å². The van der Waals surface area contributed by atoms with Gasteiger partial charge >= 0.3 is 0 Å². The van der Waals surface area contributed by atoms with Gasteiger partial charge in [-0.25, -0.2) is 9.97 Å². The fourth-order valence-electron chi connectivity index (χ4n) is 2.15. The highest BCUT2D eigenvalue weighted by molar-refractivity contribution is 5.68. The van der Waals surface area contributed by atoms with Crippen molar-refractivity contribution in [3.8, 4) is 23.5 Å². The minimum atomic E-state index is 0.332. The van der Waals surface area contributed by atoms with E-state index in [2.05, 4.69) is 23.0 Å². The number of hydrogen-bond donors (Lipinski definition) is 0. The summed E-state index contributed by atoms with van der Waals surface area (Å²) >= 11 is 0. The summed E-state index contributed by atoms with van der Waals surface area (Å²) in [5.74, 6) is 0.489. The van der Waals surface area contributed by atoms with Gasteiger partial charge in [0.25, 0.3) is 0 Å². The number of hydrogen-bond acceptors (Lipinski definition) is 4. The van der Waals surface area contributed by atoms with Gasteiger partial charge in [-0.1, -0.05) is 25.8 Å². The van der Waals surface area contributed by atoms with Crippen LogP contribution in [0.3, 0.4) is 0 Å². The molecule has 0 unspecified atom stereocenters. The largest absolute Gasteiger partial charge is 0.236 e. The van der Waals surface area contributed by atoms with Crippen molar-refractivity contribution in [2.24, 2.45) is 0 Å². The van der Waals surface area contributed by atoms with E-state index in [-0.39, 0.29) is 0 Å². The van der Waals surface area contributed by atoms with Gasteiger partial charge in [-0.15, -0.1) is 0 Å². The third-order valence-corrected chi connectivity index (χ3v) is 3.31. The topological polar surface area (TPSA) is 73.4 Å². The molecule has 0 spiro atoms. The number of nitriles is 2. The maximum absolute atomic E-state index is 9.23. The predicted molar refractivity (Wildman–Crippen MR) is 80.1 cm³/mol. The average Bonchev–Trinajstić information content (AvgIpc) is 2.55. The molecule has 4 heteroatoms. The maximum Gasteiger partial charge on any atom is 0.160 e. The molecule has 0 aliphatic heterocycles. The SMILES string of the molecule is CCCCCc1cnc(-c2cccc(C#N)c2C#N)nc1. The smallest absolute Gasteiger partial charge is 0.160 e. The van der Waals surface area contributed by atoms with Crippen molar-refractivity contribution in [2.75, 3.05) is 0 Å². The summed E-state index contributed by atoms with van der Waals surface area (Å²) in [6.45, 7) is 2.17. The number of unbranched alkanes of at least 4 members (excludes halogenated alkanes) is 2. The molecule has 4 nitrogen and oxygen atoms in total. The van der Waals surface area contributed by atoms with Crippen LogP contribution in [0.2, 0.25) is 0 Å². The van der Waals surface area contributed by atoms with Crippen LogP contribution in [0.1, 0.15) is 42.9 Å². The second kappa shape index (κ2) is 7.17. The van der Waals surface area contributed by atoms with E-state index in [4.69, 9.17) is 5.26 Å². The van der Waals surface area contributed by atoms with Crippen molar-refractivity contribution in [2.45, 2.75) is 32.6 Å². The lowest BCUT2D eigenvalue weighted by atomic mass is 10.0. The van der Waals surface area contributed by atoms with Crippen LogP contribution in [0.15, 0.2) is 30.6 Å². The van der Waals surface area contributed by atoms with E-state index in [9.17, 15) is 5.26 Å². The normalized spacial score (nSPS) is 9.86. The van der Waals surface area contributed by atoms with Crippen LogP contribution < -0.4 is 0 Å². The Morgan fingerprint density at radius 2 is 1.81 bits per heavy atom.